The summed E-state index contributed by atoms with van der Waals surface area (Å²) in [6.07, 6.45) is 0. The van der Waals surface area contributed by atoms with Gasteiger partial charge in [-0.05, 0) is 167 Å². The molecule has 422 valence electrons. The minimum atomic E-state index is -0.100. The number of rotatable bonds is 7. The number of aromatic nitrogens is 4. The first kappa shape index (κ1) is 50.9. The second-order valence-electron chi connectivity index (χ2n) is 26.0. The third-order valence-corrected chi connectivity index (χ3v) is 20.5. The average molecular weight is 1150 g/mol. The van der Waals surface area contributed by atoms with Gasteiger partial charge in [-0.2, -0.15) is 0 Å². The molecule has 3 aliphatic rings. The predicted octanol–water partition coefficient (Wildman–Crippen LogP) is 22.4. The van der Waals surface area contributed by atoms with E-state index < -0.39 is 0 Å². The Kier molecular flexibility index (Phi) is 10.6. The van der Waals surface area contributed by atoms with Gasteiger partial charge in [0.05, 0.1) is 33.5 Å². The quantitative estimate of drug-likeness (QED) is 0.159. The number of benzene rings is 13. The minimum Gasteiger partial charge on any atom is -0.309 e. The Morgan fingerprint density at radius 3 is 1.29 bits per heavy atom. The Morgan fingerprint density at radius 2 is 0.678 bits per heavy atom. The van der Waals surface area contributed by atoms with E-state index in [0.29, 0.717) is 5.82 Å². The number of hydrogen-bond acceptors (Lipinski definition) is 2. The molecule has 3 aromatic heterocycles. The van der Waals surface area contributed by atoms with Crippen molar-refractivity contribution in [3.8, 4) is 112 Å². The lowest BCUT2D eigenvalue weighted by atomic mass is 9.82. The van der Waals surface area contributed by atoms with Crippen molar-refractivity contribution in [1.82, 2.24) is 19.1 Å². The van der Waals surface area contributed by atoms with Crippen LogP contribution in [0.2, 0.25) is 0 Å². The summed E-state index contributed by atoms with van der Waals surface area (Å²) in [6.45, 7) is 9.44. The first-order chi connectivity index (χ1) is 44.1. The average Bonchev–Trinajstić information content (AvgIpc) is 1.61. The second kappa shape index (κ2) is 18.7. The van der Waals surface area contributed by atoms with Crippen molar-refractivity contribution in [3.63, 3.8) is 0 Å². The monoisotopic (exact) mass is 1150 g/mol. The lowest BCUT2D eigenvalue weighted by Crippen LogP contribution is -2.15. The number of fused-ring (bicyclic) bond motifs is 15. The smallest absolute Gasteiger partial charge is 0.160 e. The lowest BCUT2D eigenvalue weighted by molar-refractivity contribution is 0.660. The highest BCUT2D eigenvalue weighted by Gasteiger charge is 2.37. The maximum atomic E-state index is 5.56. The van der Waals surface area contributed by atoms with Crippen LogP contribution in [-0.2, 0) is 10.8 Å². The van der Waals surface area contributed by atoms with Crippen LogP contribution in [0.15, 0.2) is 279 Å². The van der Waals surface area contributed by atoms with Gasteiger partial charge >= 0.3 is 0 Å². The van der Waals surface area contributed by atoms with E-state index in [-0.39, 0.29) is 10.8 Å². The molecule has 4 nitrogen and oxygen atoms in total. The zero-order chi connectivity index (χ0) is 59.7. The molecule has 13 aromatic carbocycles. The zero-order valence-corrected chi connectivity index (χ0v) is 50.3. The van der Waals surface area contributed by atoms with E-state index in [1.54, 1.807) is 0 Å². The molecule has 0 amide bonds. The maximum absolute atomic E-state index is 5.56. The molecule has 0 N–H and O–H groups in total. The van der Waals surface area contributed by atoms with Gasteiger partial charge in [0.25, 0.3) is 0 Å². The van der Waals surface area contributed by atoms with Gasteiger partial charge in [0.2, 0.25) is 0 Å². The summed E-state index contributed by atoms with van der Waals surface area (Å²) >= 11 is 0. The van der Waals surface area contributed by atoms with E-state index in [0.717, 1.165) is 50.3 Å². The summed E-state index contributed by atoms with van der Waals surface area (Å²) in [4.78, 5) is 11.1. The summed E-state index contributed by atoms with van der Waals surface area (Å²) in [5.74, 6) is 0.711. The van der Waals surface area contributed by atoms with Gasteiger partial charge in [-0.25, -0.2) is 9.97 Å². The molecule has 0 bridgehead atoms. The summed E-state index contributed by atoms with van der Waals surface area (Å²) in [6, 6.07) is 104. The van der Waals surface area contributed by atoms with Gasteiger partial charge in [0, 0.05) is 66.0 Å². The molecular formula is C86H58N4. The Bertz CT molecular complexity index is 5790. The fraction of sp³-hybridized carbons (Fsp3) is 0.0698. The zero-order valence-electron chi connectivity index (χ0n) is 50.3. The van der Waals surface area contributed by atoms with E-state index >= 15 is 0 Å². The molecule has 0 radical (unpaired) electrons. The van der Waals surface area contributed by atoms with Gasteiger partial charge in [-0.15, -0.1) is 0 Å². The van der Waals surface area contributed by atoms with Gasteiger partial charge < -0.3 is 9.13 Å². The van der Waals surface area contributed by atoms with Crippen LogP contribution in [-0.4, -0.2) is 19.1 Å². The van der Waals surface area contributed by atoms with Crippen LogP contribution >= 0.6 is 0 Å². The predicted molar refractivity (Wildman–Crippen MR) is 375 cm³/mol. The fourth-order valence-electron chi connectivity index (χ4n) is 16.1. The molecule has 3 heterocycles. The standard InChI is InChI=1S/C86H58N4/c1-85(2)72-31-12-8-25-61(72)63-39-37-58(49-74(63)85)89-76-33-14-10-27-65(76)70-47-54(35-43-78(70)89)52-21-16-23-56(45-52)60-41-42-68-80-67(60)29-18-30-69(80)83-81(68)82(87-84(88-83)51-19-6-5-7-20-51)57-24-17-22-53(46-57)55-36-44-79-71(48-55)66-28-11-15-34-77(66)90(79)59-38-40-64-62-26-9-13-32-73(62)86(3,4)75(64)50-59/h5-50H,1-4H3. The molecule has 19 rings (SSSR count). The van der Waals surface area contributed by atoms with Crippen LogP contribution in [0.4, 0.5) is 0 Å². The summed E-state index contributed by atoms with van der Waals surface area (Å²) in [5, 5.41) is 7.34. The molecule has 0 aliphatic heterocycles. The topological polar surface area (TPSA) is 35.6 Å². The third-order valence-electron chi connectivity index (χ3n) is 20.5. The molecule has 4 heteroatoms. The van der Waals surface area contributed by atoms with Crippen LogP contribution in [0.25, 0.3) is 166 Å². The molecule has 0 spiro atoms. The minimum absolute atomic E-state index is 0.0923. The van der Waals surface area contributed by atoms with Crippen molar-refractivity contribution in [2.75, 3.05) is 0 Å². The van der Waals surface area contributed by atoms with Gasteiger partial charge in [-0.3, -0.25) is 0 Å². The molecule has 0 atom stereocenters. The molecule has 0 fully saturated rings. The lowest BCUT2D eigenvalue weighted by Gasteiger charge is -2.22. The molecule has 0 saturated carbocycles. The maximum Gasteiger partial charge on any atom is 0.160 e. The number of hydrogen-bond donors (Lipinski definition) is 0. The summed E-state index contributed by atoms with van der Waals surface area (Å²) in [7, 11) is 0. The molecular weight excluding hydrogens is 1090 g/mol. The van der Waals surface area contributed by atoms with Crippen molar-refractivity contribution < 1.29 is 0 Å². The molecule has 0 saturated heterocycles. The highest BCUT2D eigenvalue weighted by molar-refractivity contribution is 6.20. The van der Waals surface area contributed by atoms with E-state index in [4.69, 9.17) is 9.97 Å². The van der Waals surface area contributed by atoms with Crippen LogP contribution in [0, 0.1) is 0 Å². The first-order valence-corrected chi connectivity index (χ1v) is 31.5. The highest BCUT2D eigenvalue weighted by Crippen LogP contribution is 2.55. The Hall–Kier alpha value is -11.2. The number of nitrogens with zero attached hydrogens (tertiary/aromatic N) is 4. The van der Waals surface area contributed by atoms with Crippen LogP contribution in [0.5, 0.6) is 0 Å². The Labute approximate surface area is 522 Å². The van der Waals surface area contributed by atoms with Gasteiger partial charge in [-0.1, -0.05) is 234 Å². The van der Waals surface area contributed by atoms with Crippen molar-refractivity contribution in [3.05, 3.63) is 301 Å². The largest absolute Gasteiger partial charge is 0.309 e. The Morgan fingerprint density at radius 1 is 0.256 bits per heavy atom. The van der Waals surface area contributed by atoms with Crippen molar-refractivity contribution in [2.24, 2.45) is 0 Å². The highest BCUT2D eigenvalue weighted by atomic mass is 15.0. The van der Waals surface area contributed by atoms with Crippen LogP contribution in [0.3, 0.4) is 0 Å². The molecule has 16 aromatic rings. The SMILES string of the molecule is CC1(C)c2ccccc2-c2ccc(-n3c4ccccc4c4cc(-c5cccc(-c6nc(-c7ccccc7)nc7c6-c6ccc(-c8cccc(-c9ccc%10c(c9)c9ccccc9n%10-c9ccc%10c(c9)C(C)(C)c9ccccc9-%10)c8)c8cccc-7c68)c5)ccc43)cc21. The van der Waals surface area contributed by atoms with E-state index in [1.807, 2.05) is 0 Å². The van der Waals surface area contributed by atoms with Crippen LogP contribution < -0.4 is 0 Å². The molecule has 3 aliphatic carbocycles. The van der Waals surface area contributed by atoms with Gasteiger partial charge in [0.1, 0.15) is 0 Å². The van der Waals surface area contributed by atoms with E-state index in [2.05, 4.69) is 316 Å². The van der Waals surface area contributed by atoms with Crippen molar-refractivity contribution in [1.29, 1.82) is 0 Å². The first-order valence-electron chi connectivity index (χ1n) is 31.5. The van der Waals surface area contributed by atoms with E-state index in [1.165, 1.54) is 133 Å². The molecule has 0 unspecified atom stereocenters. The van der Waals surface area contributed by atoms with Crippen molar-refractivity contribution in [2.45, 2.75) is 38.5 Å². The normalized spacial score (nSPS) is 13.7. The third kappa shape index (κ3) is 7.19. The summed E-state index contributed by atoms with van der Waals surface area (Å²) < 4.78 is 4.91. The molecule has 90 heavy (non-hydrogen) atoms. The fourth-order valence-corrected chi connectivity index (χ4v) is 16.1. The number of para-hydroxylation sites is 2. The van der Waals surface area contributed by atoms with Crippen molar-refractivity contribution >= 4 is 54.4 Å². The van der Waals surface area contributed by atoms with Gasteiger partial charge in [0.15, 0.2) is 5.82 Å². The van der Waals surface area contributed by atoms with Crippen LogP contribution in [0.1, 0.15) is 49.9 Å². The summed E-state index contributed by atoms with van der Waals surface area (Å²) in [5.41, 5.74) is 32.1. The van der Waals surface area contributed by atoms with E-state index in [9.17, 15) is 0 Å². The Balaban J connectivity index is 0.703. The second-order valence-corrected chi connectivity index (χ2v) is 26.0.